The number of carbonyl (C=O) groups is 1. The van der Waals surface area contributed by atoms with Gasteiger partial charge in [0.05, 0.1) is 15.6 Å². The first kappa shape index (κ1) is 13.1. The average Bonchev–Trinajstić information content (AvgIpc) is 2.10. The van der Waals surface area contributed by atoms with E-state index in [0.717, 1.165) is 12.1 Å². The normalized spacial score (nSPS) is 11.4. The van der Waals surface area contributed by atoms with Crippen LogP contribution in [0, 0.1) is 0 Å². The number of ether oxygens (including phenoxy) is 1. The highest BCUT2D eigenvalue weighted by Crippen LogP contribution is 2.38. The number of alkyl halides is 3. The van der Waals surface area contributed by atoms with Crippen molar-refractivity contribution in [1.82, 2.24) is 0 Å². The molecule has 0 fully saturated rings. The fourth-order valence-electron chi connectivity index (χ4n) is 0.894. The third kappa shape index (κ3) is 2.99. The number of hydrogen-bond donors (Lipinski definition) is 0. The van der Waals surface area contributed by atoms with Crippen molar-refractivity contribution in [3.05, 3.63) is 27.7 Å². The number of halogens is 6. The standard InChI is InChI=1S/C8H2Cl2F4O2/c9-4-2-1-3(7(11)15)5(10)6(4)16-8(12,13)14/h1-2H. The predicted octanol–water partition coefficient (Wildman–Crippen LogP) is 4.00. The highest BCUT2D eigenvalue weighted by Gasteiger charge is 2.34. The predicted molar refractivity (Wildman–Crippen MR) is 48.6 cm³/mol. The molecule has 0 unspecified atom stereocenters. The van der Waals surface area contributed by atoms with E-state index in [2.05, 4.69) is 4.74 Å². The first-order valence-corrected chi connectivity index (χ1v) is 4.41. The van der Waals surface area contributed by atoms with Crippen molar-refractivity contribution in [3.63, 3.8) is 0 Å². The van der Waals surface area contributed by atoms with Gasteiger partial charge in [-0.05, 0) is 12.1 Å². The molecule has 0 aromatic heterocycles. The number of benzene rings is 1. The maximum Gasteiger partial charge on any atom is 0.573 e. The van der Waals surface area contributed by atoms with Crippen molar-refractivity contribution >= 4 is 29.2 Å². The summed E-state index contributed by atoms with van der Waals surface area (Å²) in [5.74, 6) is -1.00. The number of rotatable bonds is 2. The summed E-state index contributed by atoms with van der Waals surface area (Å²) in [6, 6.07) is -0.244. The zero-order valence-electron chi connectivity index (χ0n) is 7.24. The van der Waals surface area contributed by atoms with Crippen molar-refractivity contribution in [1.29, 1.82) is 0 Å². The van der Waals surface area contributed by atoms with E-state index in [1.807, 2.05) is 0 Å². The Labute approximate surface area is 96.7 Å². The van der Waals surface area contributed by atoms with Crippen LogP contribution in [0.3, 0.4) is 0 Å². The Balaban J connectivity index is 3.27. The molecule has 0 aliphatic carbocycles. The van der Waals surface area contributed by atoms with Gasteiger partial charge in [0.2, 0.25) is 0 Å². The topological polar surface area (TPSA) is 26.3 Å². The van der Waals surface area contributed by atoms with Crippen LogP contribution in [0.1, 0.15) is 10.4 Å². The second-order valence-corrected chi connectivity index (χ2v) is 3.34. The molecule has 0 aliphatic heterocycles. The van der Waals surface area contributed by atoms with Crippen LogP contribution in [0.15, 0.2) is 12.1 Å². The van der Waals surface area contributed by atoms with Gasteiger partial charge >= 0.3 is 12.4 Å². The van der Waals surface area contributed by atoms with Gasteiger partial charge in [0.25, 0.3) is 0 Å². The summed E-state index contributed by atoms with van der Waals surface area (Å²) in [4.78, 5) is 10.4. The Morgan fingerprint density at radius 2 is 1.81 bits per heavy atom. The molecule has 1 aromatic carbocycles. The first-order chi connectivity index (χ1) is 7.22. The quantitative estimate of drug-likeness (QED) is 0.603. The molecule has 16 heavy (non-hydrogen) atoms. The molecule has 0 radical (unpaired) electrons. The van der Waals surface area contributed by atoms with Crippen LogP contribution in [0.5, 0.6) is 5.75 Å². The van der Waals surface area contributed by atoms with Crippen molar-refractivity contribution in [3.8, 4) is 5.75 Å². The average molecular weight is 277 g/mol. The maximum atomic E-state index is 12.3. The Bertz CT molecular complexity index is 431. The monoisotopic (exact) mass is 276 g/mol. The van der Waals surface area contributed by atoms with E-state index in [1.54, 1.807) is 0 Å². The smallest absolute Gasteiger partial charge is 0.403 e. The van der Waals surface area contributed by atoms with Gasteiger partial charge in [-0.1, -0.05) is 23.2 Å². The SMILES string of the molecule is O=C(F)c1ccc(Cl)c(OC(F)(F)F)c1Cl. The number of carbonyl (C=O) groups excluding carboxylic acids is 1. The molecule has 0 bridgehead atoms. The van der Waals surface area contributed by atoms with Crippen molar-refractivity contribution in [2.45, 2.75) is 6.36 Å². The largest absolute Gasteiger partial charge is 0.573 e. The van der Waals surface area contributed by atoms with E-state index >= 15 is 0 Å². The molecule has 0 heterocycles. The summed E-state index contributed by atoms with van der Waals surface area (Å²) in [5, 5.41) is -1.30. The van der Waals surface area contributed by atoms with Crippen LogP contribution in [-0.4, -0.2) is 12.4 Å². The highest BCUT2D eigenvalue weighted by atomic mass is 35.5. The summed E-state index contributed by atoms with van der Waals surface area (Å²) >= 11 is 10.7. The third-order valence-corrected chi connectivity index (χ3v) is 2.15. The Morgan fingerprint density at radius 3 is 2.25 bits per heavy atom. The molecule has 2 nitrogen and oxygen atoms in total. The van der Waals surface area contributed by atoms with Crippen LogP contribution in [0.25, 0.3) is 0 Å². The Hall–Kier alpha value is -1.01. The third-order valence-electron chi connectivity index (χ3n) is 1.48. The minimum atomic E-state index is -5.04. The van der Waals surface area contributed by atoms with Gasteiger partial charge in [0.1, 0.15) is 0 Å². The molecule has 8 heteroatoms. The lowest BCUT2D eigenvalue weighted by Crippen LogP contribution is -2.18. The van der Waals surface area contributed by atoms with Gasteiger partial charge in [-0.15, -0.1) is 13.2 Å². The Morgan fingerprint density at radius 1 is 1.25 bits per heavy atom. The molecule has 0 aliphatic rings. The second kappa shape index (κ2) is 4.47. The summed E-state index contributed by atoms with van der Waals surface area (Å²) in [6.45, 7) is 0. The molecule has 0 N–H and O–H groups in total. The minimum absolute atomic E-state index is 0.479. The molecule has 1 aromatic rings. The molecule has 0 atom stereocenters. The summed E-state index contributed by atoms with van der Waals surface area (Å²) in [6.07, 6.45) is -5.04. The number of hydrogen-bond acceptors (Lipinski definition) is 2. The van der Waals surface area contributed by atoms with Gasteiger partial charge in [-0.2, -0.15) is 4.39 Å². The lowest BCUT2D eigenvalue weighted by atomic mass is 10.2. The lowest BCUT2D eigenvalue weighted by molar-refractivity contribution is -0.274. The van der Waals surface area contributed by atoms with Gasteiger partial charge in [0, 0.05) is 0 Å². The lowest BCUT2D eigenvalue weighted by Gasteiger charge is -2.12. The zero-order valence-corrected chi connectivity index (χ0v) is 8.75. The van der Waals surface area contributed by atoms with Crippen molar-refractivity contribution < 1.29 is 27.1 Å². The van der Waals surface area contributed by atoms with Crippen LogP contribution in [0.2, 0.25) is 10.0 Å². The first-order valence-electron chi connectivity index (χ1n) is 3.66. The van der Waals surface area contributed by atoms with Crippen LogP contribution in [-0.2, 0) is 0 Å². The molecule has 88 valence electrons. The van der Waals surface area contributed by atoms with Crippen molar-refractivity contribution in [2.24, 2.45) is 0 Å². The highest BCUT2D eigenvalue weighted by molar-refractivity contribution is 6.39. The van der Waals surface area contributed by atoms with E-state index in [1.165, 1.54) is 0 Å². The van der Waals surface area contributed by atoms with Crippen LogP contribution in [0.4, 0.5) is 17.6 Å². The fraction of sp³-hybridized carbons (Fsp3) is 0.125. The van der Waals surface area contributed by atoms with E-state index in [9.17, 15) is 22.4 Å². The van der Waals surface area contributed by atoms with E-state index in [4.69, 9.17) is 23.2 Å². The molecule has 0 saturated heterocycles. The molecular weight excluding hydrogens is 275 g/mol. The maximum absolute atomic E-state index is 12.3. The molecule has 0 spiro atoms. The molecular formula is C8H2Cl2F4O2. The van der Waals surface area contributed by atoms with Gasteiger partial charge in [-0.25, -0.2) is 0 Å². The minimum Gasteiger partial charge on any atom is -0.403 e. The van der Waals surface area contributed by atoms with Crippen LogP contribution < -0.4 is 4.74 Å². The zero-order chi connectivity index (χ0) is 12.5. The molecule has 0 amide bonds. The summed E-state index contributed by atoms with van der Waals surface area (Å²) in [5.41, 5.74) is -0.745. The van der Waals surface area contributed by atoms with Gasteiger partial charge < -0.3 is 4.74 Å². The van der Waals surface area contributed by atoms with Gasteiger partial charge in [-0.3, -0.25) is 4.79 Å². The molecule has 1 rings (SSSR count). The summed E-state index contributed by atoms with van der Waals surface area (Å²) < 4.78 is 51.6. The second-order valence-electron chi connectivity index (χ2n) is 2.56. The summed E-state index contributed by atoms with van der Waals surface area (Å²) in [7, 11) is 0. The molecule has 0 saturated carbocycles. The Kier molecular flexibility index (Phi) is 3.64. The van der Waals surface area contributed by atoms with Gasteiger partial charge in [0.15, 0.2) is 5.75 Å². The van der Waals surface area contributed by atoms with Crippen molar-refractivity contribution in [2.75, 3.05) is 0 Å². The van der Waals surface area contributed by atoms with E-state index in [-0.39, 0.29) is 0 Å². The van der Waals surface area contributed by atoms with E-state index in [0.29, 0.717) is 0 Å². The van der Waals surface area contributed by atoms with Crippen LogP contribution >= 0.6 is 23.2 Å². The van der Waals surface area contributed by atoms with E-state index < -0.39 is 33.8 Å². The fourth-order valence-corrected chi connectivity index (χ4v) is 1.42.